The van der Waals surface area contributed by atoms with Gasteiger partial charge in [-0.3, -0.25) is 0 Å². The summed E-state index contributed by atoms with van der Waals surface area (Å²) < 4.78 is 36.1. The fourth-order valence-corrected chi connectivity index (χ4v) is 3.92. The Morgan fingerprint density at radius 2 is 2.29 bits per heavy atom. The maximum Gasteiger partial charge on any atom is 0.329 e. The van der Waals surface area contributed by atoms with Crippen molar-refractivity contribution in [1.29, 1.82) is 0 Å². The fourth-order valence-electron chi connectivity index (χ4n) is 2.26. The van der Waals surface area contributed by atoms with Gasteiger partial charge in [0.1, 0.15) is 6.61 Å². The normalized spacial score (nSPS) is 20.5. The molecule has 1 unspecified atom stereocenters. The number of piperidine rings is 1. The van der Waals surface area contributed by atoms with Gasteiger partial charge in [-0.2, -0.15) is 4.31 Å². The summed E-state index contributed by atoms with van der Waals surface area (Å²) in [6, 6.07) is 2.70. The van der Waals surface area contributed by atoms with Crippen LogP contribution in [0.2, 0.25) is 5.22 Å². The molecule has 118 valence electrons. The van der Waals surface area contributed by atoms with Gasteiger partial charge >= 0.3 is 5.97 Å². The molecule has 0 aromatic carbocycles. The Hall–Kier alpha value is -1.09. The van der Waals surface area contributed by atoms with Crippen LogP contribution in [0.15, 0.2) is 21.6 Å². The number of nitrogens with zero attached hydrogens (tertiary/aromatic N) is 1. The van der Waals surface area contributed by atoms with Crippen LogP contribution in [0.3, 0.4) is 0 Å². The van der Waals surface area contributed by atoms with E-state index in [1.54, 1.807) is 0 Å². The first-order valence-corrected chi connectivity index (χ1v) is 8.26. The van der Waals surface area contributed by atoms with E-state index >= 15 is 0 Å². The van der Waals surface area contributed by atoms with E-state index in [1.807, 2.05) is 0 Å². The number of halogens is 1. The summed E-state index contributed by atoms with van der Waals surface area (Å²) in [6.45, 7) is 0.518. The van der Waals surface area contributed by atoms with Gasteiger partial charge < -0.3 is 14.3 Å². The number of sulfonamides is 1. The molecule has 0 aliphatic carbocycles. The van der Waals surface area contributed by atoms with Crippen molar-refractivity contribution < 1.29 is 27.5 Å². The molecule has 0 amide bonds. The minimum absolute atomic E-state index is 0.0203. The van der Waals surface area contributed by atoms with E-state index in [0.717, 1.165) is 6.42 Å². The standard InChI is InChI=1S/C12H16ClNO6S/c13-10-3-4-12(20-10)21(17,18)14-5-1-2-9(6-14)7-19-8-11(15)16/h3-4,9H,1-2,5-8H2,(H,15,16). The van der Waals surface area contributed by atoms with Crippen molar-refractivity contribution in [2.45, 2.75) is 17.9 Å². The highest BCUT2D eigenvalue weighted by Crippen LogP contribution is 2.26. The lowest BCUT2D eigenvalue weighted by atomic mass is 10.0. The molecule has 1 aliphatic rings. The second kappa shape index (κ2) is 6.78. The van der Waals surface area contributed by atoms with E-state index in [9.17, 15) is 13.2 Å². The van der Waals surface area contributed by atoms with Gasteiger partial charge in [0, 0.05) is 13.1 Å². The summed E-state index contributed by atoms with van der Waals surface area (Å²) in [5, 5.41) is 8.36. The summed E-state index contributed by atoms with van der Waals surface area (Å²) in [7, 11) is -3.71. The van der Waals surface area contributed by atoms with E-state index in [0.29, 0.717) is 13.0 Å². The highest BCUT2D eigenvalue weighted by molar-refractivity contribution is 7.89. The zero-order valence-corrected chi connectivity index (χ0v) is 12.8. The Morgan fingerprint density at radius 3 is 2.90 bits per heavy atom. The number of carboxylic acids is 1. The van der Waals surface area contributed by atoms with E-state index in [4.69, 9.17) is 25.9 Å². The van der Waals surface area contributed by atoms with E-state index < -0.39 is 16.0 Å². The van der Waals surface area contributed by atoms with Crippen LogP contribution in [0.5, 0.6) is 0 Å². The van der Waals surface area contributed by atoms with Crippen molar-refractivity contribution in [2.24, 2.45) is 5.92 Å². The number of carbonyl (C=O) groups is 1. The van der Waals surface area contributed by atoms with Crippen molar-refractivity contribution in [1.82, 2.24) is 4.31 Å². The molecule has 1 saturated heterocycles. The van der Waals surface area contributed by atoms with Gasteiger partial charge in [-0.1, -0.05) is 0 Å². The summed E-state index contributed by atoms with van der Waals surface area (Å²) in [4.78, 5) is 10.4. The first-order chi connectivity index (χ1) is 9.89. The second-order valence-corrected chi connectivity index (χ2v) is 7.08. The summed E-state index contributed by atoms with van der Waals surface area (Å²) in [6.07, 6.45) is 1.49. The van der Waals surface area contributed by atoms with E-state index in [2.05, 4.69) is 0 Å². The first kappa shape index (κ1) is 16.3. The van der Waals surface area contributed by atoms with E-state index in [-0.39, 0.29) is 36.0 Å². The number of hydrogen-bond donors (Lipinski definition) is 1. The second-order valence-electron chi connectivity index (χ2n) is 4.84. The van der Waals surface area contributed by atoms with Gasteiger partial charge in [-0.25, -0.2) is 13.2 Å². The van der Waals surface area contributed by atoms with Crippen molar-refractivity contribution in [2.75, 3.05) is 26.3 Å². The molecule has 0 radical (unpaired) electrons. The zero-order valence-electron chi connectivity index (χ0n) is 11.2. The van der Waals surface area contributed by atoms with Crippen molar-refractivity contribution in [3.8, 4) is 0 Å². The molecule has 7 nitrogen and oxygen atoms in total. The Morgan fingerprint density at radius 1 is 1.52 bits per heavy atom. The number of aliphatic carboxylic acids is 1. The Labute approximate surface area is 127 Å². The predicted molar refractivity (Wildman–Crippen MR) is 73.7 cm³/mol. The highest BCUT2D eigenvalue weighted by atomic mass is 35.5. The smallest absolute Gasteiger partial charge is 0.329 e. The summed E-state index contributed by atoms with van der Waals surface area (Å²) in [5.74, 6) is -1.07. The lowest BCUT2D eigenvalue weighted by molar-refractivity contribution is -0.142. The van der Waals surface area contributed by atoms with Crippen LogP contribution in [0, 0.1) is 5.92 Å². The molecular weight excluding hydrogens is 322 g/mol. The largest absolute Gasteiger partial charge is 0.480 e. The zero-order chi connectivity index (χ0) is 15.5. The summed E-state index contributed by atoms with van der Waals surface area (Å²) in [5.41, 5.74) is 0. The molecule has 0 saturated carbocycles. The summed E-state index contributed by atoms with van der Waals surface area (Å²) >= 11 is 5.61. The number of carboxylic acid groups (broad SMARTS) is 1. The van der Waals surface area contributed by atoms with Gasteiger partial charge in [0.2, 0.25) is 5.09 Å². The predicted octanol–water partition coefficient (Wildman–Crippen LogP) is 1.43. The molecule has 1 aromatic rings. The third-order valence-corrected chi connectivity index (χ3v) is 5.15. The lowest BCUT2D eigenvalue weighted by Gasteiger charge is -2.30. The van der Waals surface area contributed by atoms with Gasteiger partial charge in [0.15, 0.2) is 5.22 Å². The molecule has 21 heavy (non-hydrogen) atoms. The first-order valence-electron chi connectivity index (χ1n) is 6.44. The molecule has 2 heterocycles. The Bertz CT molecular complexity index is 599. The van der Waals surface area contributed by atoms with Gasteiger partial charge in [-0.15, -0.1) is 0 Å². The minimum Gasteiger partial charge on any atom is -0.480 e. The molecule has 1 N–H and O–H groups in total. The maximum atomic E-state index is 12.4. The van der Waals surface area contributed by atoms with Crippen molar-refractivity contribution in [3.05, 3.63) is 17.4 Å². The number of ether oxygens (including phenoxy) is 1. The van der Waals surface area contributed by atoms with Crippen LogP contribution in [-0.4, -0.2) is 50.1 Å². The van der Waals surface area contributed by atoms with Crippen molar-refractivity contribution in [3.63, 3.8) is 0 Å². The van der Waals surface area contributed by atoms with Crippen LogP contribution in [0.4, 0.5) is 0 Å². The number of rotatable bonds is 6. The quantitative estimate of drug-likeness (QED) is 0.843. The topological polar surface area (TPSA) is 97.0 Å². The fraction of sp³-hybridized carbons (Fsp3) is 0.583. The number of furan rings is 1. The van der Waals surface area contributed by atoms with Gasteiger partial charge in [0.25, 0.3) is 10.0 Å². The van der Waals surface area contributed by atoms with Gasteiger partial charge in [-0.05, 0) is 42.5 Å². The SMILES string of the molecule is O=C(O)COCC1CCCN(S(=O)(=O)c2ccc(Cl)o2)C1. The van der Waals surface area contributed by atoms with Gasteiger partial charge in [0.05, 0.1) is 6.61 Å². The monoisotopic (exact) mass is 337 g/mol. The van der Waals surface area contributed by atoms with E-state index in [1.165, 1.54) is 16.4 Å². The minimum atomic E-state index is -3.71. The highest BCUT2D eigenvalue weighted by Gasteiger charge is 2.32. The third-order valence-electron chi connectivity index (χ3n) is 3.20. The molecular formula is C12H16ClNO6S. The van der Waals surface area contributed by atoms with Crippen molar-refractivity contribution >= 4 is 27.6 Å². The Balaban J connectivity index is 1.98. The van der Waals surface area contributed by atoms with Crippen LogP contribution in [0.1, 0.15) is 12.8 Å². The lowest BCUT2D eigenvalue weighted by Crippen LogP contribution is -2.41. The molecule has 1 aliphatic heterocycles. The average molecular weight is 338 g/mol. The maximum absolute atomic E-state index is 12.4. The third kappa shape index (κ3) is 4.19. The molecule has 0 bridgehead atoms. The average Bonchev–Trinajstić information content (AvgIpc) is 2.86. The van der Waals surface area contributed by atoms with Crippen LogP contribution in [-0.2, 0) is 19.6 Å². The molecule has 9 heteroatoms. The van der Waals surface area contributed by atoms with Crippen LogP contribution in [0.25, 0.3) is 0 Å². The molecule has 2 rings (SSSR count). The molecule has 1 atom stereocenters. The number of hydrogen-bond acceptors (Lipinski definition) is 5. The Kier molecular flexibility index (Phi) is 5.26. The molecule has 1 fully saturated rings. The molecule has 1 aromatic heterocycles. The molecule has 0 spiro atoms. The van der Waals surface area contributed by atoms with Crippen LogP contribution >= 0.6 is 11.6 Å². The van der Waals surface area contributed by atoms with Crippen LogP contribution < -0.4 is 0 Å².